The van der Waals surface area contributed by atoms with Gasteiger partial charge in [-0.05, 0) is 29.8 Å². The number of rotatable bonds is 3. The van der Waals surface area contributed by atoms with Gasteiger partial charge in [-0.3, -0.25) is 0 Å². The highest BCUT2D eigenvalue weighted by atomic mass is 16.5. The van der Waals surface area contributed by atoms with Crippen molar-refractivity contribution in [2.24, 2.45) is 0 Å². The molecule has 0 aromatic heterocycles. The standard InChI is InChI=1S/C14H11NO2/c15-9-12-8-11(10-16)6-7-14(12)17-13-4-2-1-3-5-13/h1-8,16H,10H2. The molecule has 0 saturated carbocycles. The summed E-state index contributed by atoms with van der Waals surface area (Å²) >= 11 is 0. The molecule has 0 aliphatic carbocycles. The number of ether oxygens (including phenoxy) is 1. The smallest absolute Gasteiger partial charge is 0.145 e. The molecule has 0 atom stereocenters. The zero-order valence-corrected chi connectivity index (χ0v) is 9.13. The molecule has 0 radical (unpaired) electrons. The quantitative estimate of drug-likeness (QED) is 0.873. The van der Waals surface area contributed by atoms with E-state index in [1.165, 1.54) is 0 Å². The van der Waals surface area contributed by atoms with Crippen molar-refractivity contribution in [1.82, 2.24) is 0 Å². The molecule has 0 aliphatic rings. The largest absolute Gasteiger partial charge is 0.456 e. The molecule has 1 N–H and O–H groups in total. The van der Waals surface area contributed by atoms with E-state index in [2.05, 4.69) is 6.07 Å². The Balaban J connectivity index is 2.31. The van der Waals surface area contributed by atoms with Crippen molar-refractivity contribution in [1.29, 1.82) is 5.26 Å². The molecule has 17 heavy (non-hydrogen) atoms. The number of benzene rings is 2. The lowest BCUT2D eigenvalue weighted by Gasteiger charge is -2.08. The van der Waals surface area contributed by atoms with E-state index in [0.717, 1.165) is 0 Å². The second-order valence-electron chi connectivity index (χ2n) is 3.52. The van der Waals surface area contributed by atoms with Crippen molar-refractivity contribution in [3.05, 3.63) is 59.7 Å². The van der Waals surface area contributed by atoms with Gasteiger partial charge in [-0.25, -0.2) is 0 Å². The van der Waals surface area contributed by atoms with Crippen LogP contribution in [0.1, 0.15) is 11.1 Å². The number of nitrogens with zero attached hydrogens (tertiary/aromatic N) is 1. The van der Waals surface area contributed by atoms with Gasteiger partial charge >= 0.3 is 0 Å². The fourth-order valence-corrected chi connectivity index (χ4v) is 1.47. The first kappa shape index (κ1) is 11.2. The number of hydrogen-bond donors (Lipinski definition) is 1. The van der Waals surface area contributed by atoms with E-state index in [-0.39, 0.29) is 6.61 Å². The third-order valence-electron chi connectivity index (χ3n) is 2.32. The molecule has 0 spiro atoms. The van der Waals surface area contributed by atoms with Gasteiger partial charge in [-0.1, -0.05) is 24.3 Å². The first-order valence-corrected chi connectivity index (χ1v) is 5.20. The molecule has 3 heteroatoms. The maximum absolute atomic E-state index is 9.00. The van der Waals surface area contributed by atoms with Gasteiger partial charge in [0.15, 0.2) is 0 Å². The van der Waals surface area contributed by atoms with Gasteiger partial charge < -0.3 is 9.84 Å². The first-order chi connectivity index (χ1) is 8.33. The molecule has 2 rings (SSSR count). The van der Waals surface area contributed by atoms with Crippen LogP contribution in [-0.2, 0) is 6.61 Å². The highest BCUT2D eigenvalue weighted by Gasteiger charge is 2.05. The Bertz CT molecular complexity index is 544. The van der Waals surface area contributed by atoms with Crippen molar-refractivity contribution in [2.75, 3.05) is 0 Å². The molecule has 2 aromatic rings. The Labute approximate surface area is 99.5 Å². The molecule has 2 aromatic carbocycles. The average molecular weight is 225 g/mol. The van der Waals surface area contributed by atoms with Gasteiger partial charge in [0, 0.05) is 0 Å². The number of aliphatic hydroxyl groups is 1. The number of para-hydroxylation sites is 1. The molecular formula is C14H11NO2. The normalized spacial score (nSPS) is 9.65. The van der Waals surface area contributed by atoms with E-state index in [4.69, 9.17) is 15.1 Å². The second kappa shape index (κ2) is 5.15. The first-order valence-electron chi connectivity index (χ1n) is 5.20. The van der Waals surface area contributed by atoms with Gasteiger partial charge in [-0.15, -0.1) is 0 Å². The summed E-state index contributed by atoms with van der Waals surface area (Å²) in [6, 6.07) is 16.4. The summed E-state index contributed by atoms with van der Waals surface area (Å²) in [6.07, 6.45) is 0. The van der Waals surface area contributed by atoms with Crippen LogP contribution in [0, 0.1) is 11.3 Å². The van der Waals surface area contributed by atoms with Crippen LogP contribution < -0.4 is 4.74 Å². The second-order valence-corrected chi connectivity index (χ2v) is 3.52. The Kier molecular flexibility index (Phi) is 3.39. The lowest BCUT2D eigenvalue weighted by atomic mass is 10.1. The Morgan fingerprint density at radius 1 is 1.12 bits per heavy atom. The third-order valence-corrected chi connectivity index (χ3v) is 2.32. The molecule has 0 fully saturated rings. The van der Waals surface area contributed by atoms with E-state index in [1.807, 2.05) is 30.3 Å². The van der Waals surface area contributed by atoms with Gasteiger partial charge in [0.25, 0.3) is 0 Å². The van der Waals surface area contributed by atoms with Crippen LogP contribution in [0.15, 0.2) is 48.5 Å². The summed E-state index contributed by atoms with van der Waals surface area (Å²) in [4.78, 5) is 0. The minimum atomic E-state index is -0.0830. The molecule has 0 aliphatic heterocycles. The zero-order valence-electron chi connectivity index (χ0n) is 9.13. The molecule has 0 heterocycles. The lowest BCUT2D eigenvalue weighted by Crippen LogP contribution is -1.91. The minimum Gasteiger partial charge on any atom is -0.456 e. The van der Waals surface area contributed by atoms with Crippen LogP contribution in [-0.4, -0.2) is 5.11 Å². The Morgan fingerprint density at radius 3 is 2.53 bits per heavy atom. The Hall–Kier alpha value is -2.31. The van der Waals surface area contributed by atoms with Crippen molar-refractivity contribution in [2.45, 2.75) is 6.61 Å². The third kappa shape index (κ3) is 2.63. The van der Waals surface area contributed by atoms with Gasteiger partial charge in [0.1, 0.15) is 17.6 Å². The van der Waals surface area contributed by atoms with E-state index in [1.54, 1.807) is 18.2 Å². The summed E-state index contributed by atoms with van der Waals surface area (Å²) in [5.74, 6) is 1.18. The van der Waals surface area contributed by atoms with E-state index in [0.29, 0.717) is 22.6 Å². The highest BCUT2D eigenvalue weighted by molar-refractivity contribution is 5.47. The molecule has 0 bridgehead atoms. The van der Waals surface area contributed by atoms with Crippen LogP contribution >= 0.6 is 0 Å². The molecule has 0 saturated heterocycles. The molecule has 0 unspecified atom stereocenters. The summed E-state index contributed by atoms with van der Waals surface area (Å²) < 4.78 is 5.60. The highest BCUT2D eigenvalue weighted by Crippen LogP contribution is 2.25. The summed E-state index contributed by atoms with van der Waals surface area (Å²) in [6.45, 7) is -0.0830. The fraction of sp³-hybridized carbons (Fsp3) is 0.0714. The van der Waals surface area contributed by atoms with Crippen LogP contribution in [0.3, 0.4) is 0 Å². The van der Waals surface area contributed by atoms with Crippen molar-refractivity contribution in [3.63, 3.8) is 0 Å². The predicted octanol–water partition coefficient (Wildman–Crippen LogP) is 2.84. The lowest BCUT2D eigenvalue weighted by molar-refractivity contribution is 0.281. The molecule has 84 valence electrons. The predicted molar refractivity (Wildman–Crippen MR) is 63.6 cm³/mol. The van der Waals surface area contributed by atoms with Crippen LogP contribution in [0.4, 0.5) is 0 Å². The monoisotopic (exact) mass is 225 g/mol. The minimum absolute atomic E-state index is 0.0830. The SMILES string of the molecule is N#Cc1cc(CO)ccc1Oc1ccccc1. The van der Waals surface area contributed by atoms with Crippen LogP contribution in [0.5, 0.6) is 11.5 Å². The van der Waals surface area contributed by atoms with Gasteiger partial charge in [-0.2, -0.15) is 5.26 Å². The molecular weight excluding hydrogens is 214 g/mol. The fourth-order valence-electron chi connectivity index (χ4n) is 1.47. The molecule has 3 nitrogen and oxygen atoms in total. The summed E-state index contributed by atoms with van der Waals surface area (Å²) in [5, 5.41) is 18.0. The molecule has 0 amide bonds. The average Bonchev–Trinajstić information content (AvgIpc) is 2.40. The zero-order chi connectivity index (χ0) is 12.1. The summed E-state index contributed by atoms with van der Waals surface area (Å²) in [7, 11) is 0. The number of aliphatic hydroxyl groups excluding tert-OH is 1. The van der Waals surface area contributed by atoms with Crippen molar-refractivity contribution < 1.29 is 9.84 Å². The maximum atomic E-state index is 9.00. The topological polar surface area (TPSA) is 53.2 Å². The van der Waals surface area contributed by atoms with E-state index >= 15 is 0 Å². The Morgan fingerprint density at radius 2 is 1.88 bits per heavy atom. The summed E-state index contributed by atoms with van der Waals surface area (Å²) in [5.41, 5.74) is 1.11. The van der Waals surface area contributed by atoms with E-state index in [9.17, 15) is 0 Å². The van der Waals surface area contributed by atoms with E-state index < -0.39 is 0 Å². The van der Waals surface area contributed by atoms with Crippen molar-refractivity contribution >= 4 is 0 Å². The van der Waals surface area contributed by atoms with Crippen LogP contribution in [0.25, 0.3) is 0 Å². The maximum Gasteiger partial charge on any atom is 0.145 e. The van der Waals surface area contributed by atoms with Crippen LogP contribution in [0.2, 0.25) is 0 Å². The van der Waals surface area contributed by atoms with Gasteiger partial charge in [0.2, 0.25) is 0 Å². The number of hydrogen-bond acceptors (Lipinski definition) is 3. The van der Waals surface area contributed by atoms with Gasteiger partial charge in [0.05, 0.1) is 12.2 Å². The van der Waals surface area contributed by atoms with Crippen molar-refractivity contribution in [3.8, 4) is 17.6 Å². The number of nitriles is 1.